The zero-order valence-corrected chi connectivity index (χ0v) is 20.7. The van der Waals surface area contributed by atoms with Gasteiger partial charge >= 0.3 is 11.9 Å². The van der Waals surface area contributed by atoms with E-state index in [-0.39, 0.29) is 28.2 Å². The number of ketones is 1. The zero-order valence-electron chi connectivity index (χ0n) is 19.2. The quantitative estimate of drug-likeness (QED) is 0.224. The van der Waals surface area contributed by atoms with Crippen molar-refractivity contribution in [3.8, 4) is 0 Å². The van der Waals surface area contributed by atoms with Crippen molar-refractivity contribution in [2.75, 3.05) is 18.1 Å². The number of Topliss-reactive ketones (excluding diaryl/α,β-unsaturated/α-hetero) is 1. The molecule has 36 heavy (non-hydrogen) atoms. The van der Waals surface area contributed by atoms with Gasteiger partial charge < -0.3 is 9.47 Å². The summed E-state index contributed by atoms with van der Waals surface area (Å²) >= 11 is 3.29. The molecule has 1 aliphatic heterocycles. The van der Waals surface area contributed by atoms with E-state index in [9.17, 15) is 24.0 Å². The number of hydrogen-bond acceptors (Lipinski definition) is 7. The third-order valence-electron chi connectivity index (χ3n) is 5.42. The molecule has 0 saturated heterocycles. The van der Waals surface area contributed by atoms with Crippen molar-refractivity contribution in [3.63, 3.8) is 0 Å². The largest absolute Gasteiger partial charge is 0.462 e. The molecule has 0 aliphatic carbocycles. The first kappa shape index (κ1) is 25.0. The predicted octanol–water partition coefficient (Wildman–Crippen LogP) is 4.86. The highest BCUT2D eigenvalue weighted by Gasteiger charge is 2.37. The Hall–Kier alpha value is -4.11. The summed E-state index contributed by atoms with van der Waals surface area (Å²) in [6, 6.07) is 16.5. The van der Waals surface area contributed by atoms with Crippen LogP contribution in [0, 0.1) is 0 Å². The molecule has 0 bridgehead atoms. The molecule has 0 saturated carbocycles. The number of benzene rings is 3. The highest BCUT2D eigenvalue weighted by molar-refractivity contribution is 9.10. The molecule has 3 aromatic carbocycles. The van der Waals surface area contributed by atoms with E-state index in [0.717, 1.165) is 9.37 Å². The van der Waals surface area contributed by atoms with E-state index in [1.54, 1.807) is 24.3 Å². The Kier molecular flexibility index (Phi) is 7.40. The average Bonchev–Trinajstić information content (AvgIpc) is 3.15. The van der Waals surface area contributed by atoms with Gasteiger partial charge in [-0.15, -0.1) is 0 Å². The van der Waals surface area contributed by atoms with Gasteiger partial charge in [0.1, 0.15) is 0 Å². The number of carbonyl (C=O) groups is 5. The SMILES string of the molecule is CCCOC(=O)c1ccc(N2C(=O)c3ccc(C(=O)OCC(=O)c4ccc(Br)cc4)cc3C2=O)cc1. The molecule has 0 radical (unpaired) electrons. The van der Waals surface area contributed by atoms with Crippen molar-refractivity contribution in [1.29, 1.82) is 0 Å². The van der Waals surface area contributed by atoms with Crippen molar-refractivity contribution in [1.82, 2.24) is 0 Å². The van der Waals surface area contributed by atoms with Gasteiger partial charge in [-0.2, -0.15) is 0 Å². The van der Waals surface area contributed by atoms with Crippen LogP contribution in [-0.2, 0) is 9.47 Å². The summed E-state index contributed by atoms with van der Waals surface area (Å²) in [5.74, 6) is -2.83. The van der Waals surface area contributed by atoms with Gasteiger partial charge in [-0.05, 0) is 61.0 Å². The molecular weight excluding hydrogens is 530 g/mol. The van der Waals surface area contributed by atoms with Crippen LogP contribution in [0.2, 0.25) is 0 Å². The molecule has 0 unspecified atom stereocenters. The number of amides is 2. The summed E-state index contributed by atoms with van der Waals surface area (Å²) in [4.78, 5) is 63.7. The number of nitrogens with zero attached hydrogens (tertiary/aromatic N) is 1. The molecule has 0 spiro atoms. The predicted molar refractivity (Wildman–Crippen MR) is 133 cm³/mol. The normalized spacial score (nSPS) is 12.3. The lowest BCUT2D eigenvalue weighted by Gasteiger charge is -2.14. The Bertz CT molecular complexity index is 1360. The molecule has 2 amide bonds. The van der Waals surface area contributed by atoms with Gasteiger partial charge in [0.25, 0.3) is 11.8 Å². The molecule has 0 N–H and O–H groups in total. The van der Waals surface area contributed by atoms with E-state index >= 15 is 0 Å². The maximum atomic E-state index is 13.0. The number of halogens is 1. The van der Waals surface area contributed by atoms with E-state index in [1.165, 1.54) is 42.5 Å². The molecule has 0 aromatic heterocycles. The van der Waals surface area contributed by atoms with Crippen LogP contribution in [0.1, 0.15) is 65.1 Å². The van der Waals surface area contributed by atoms with Crippen LogP contribution >= 0.6 is 15.9 Å². The van der Waals surface area contributed by atoms with Crippen LogP contribution in [0.4, 0.5) is 5.69 Å². The maximum absolute atomic E-state index is 13.0. The van der Waals surface area contributed by atoms with E-state index < -0.39 is 30.4 Å². The summed E-state index contributed by atoms with van der Waals surface area (Å²) in [5, 5.41) is 0. The Morgan fingerprint density at radius 1 is 0.750 bits per heavy atom. The highest BCUT2D eigenvalue weighted by Crippen LogP contribution is 2.29. The van der Waals surface area contributed by atoms with Crippen molar-refractivity contribution in [2.45, 2.75) is 13.3 Å². The van der Waals surface area contributed by atoms with Crippen LogP contribution in [0.5, 0.6) is 0 Å². The van der Waals surface area contributed by atoms with E-state index in [4.69, 9.17) is 9.47 Å². The highest BCUT2D eigenvalue weighted by atomic mass is 79.9. The van der Waals surface area contributed by atoms with Crippen molar-refractivity contribution in [2.24, 2.45) is 0 Å². The third-order valence-corrected chi connectivity index (χ3v) is 5.95. The molecule has 0 fully saturated rings. The minimum Gasteiger partial charge on any atom is -0.462 e. The van der Waals surface area contributed by atoms with Crippen LogP contribution in [-0.4, -0.2) is 42.7 Å². The molecule has 3 aromatic rings. The molecule has 9 heteroatoms. The Balaban J connectivity index is 1.46. The standard InChI is InChI=1S/C27H20BrNO7/c1-2-13-35-26(33)17-5-10-20(11-6-17)29-24(31)21-12-7-18(14-22(21)25(29)32)27(34)36-15-23(30)16-3-8-19(28)9-4-16/h3-12,14H,2,13,15H2,1H3. The number of ether oxygens (including phenoxy) is 2. The van der Waals surface area contributed by atoms with E-state index in [1.807, 2.05) is 6.92 Å². The van der Waals surface area contributed by atoms with Crippen LogP contribution in [0.3, 0.4) is 0 Å². The zero-order chi connectivity index (χ0) is 25.8. The number of esters is 2. The minimum atomic E-state index is -0.795. The fourth-order valence-electron chi connectivity index (χ4n) is 3.56. The van der Waals surface area contributed by atoms with E-state index in [2.05, 4.69) is 15.9 Å². The Morgan fingerprint density at radius 2 is 1.33 bits per heavy atom. The Morgan fingerprint density at radius 3 is 2.00 bits per heavy atom. The molecule has 1 aliphatic rings. The van der Waals surface area contributed by atoms with Gasteiger partial charge in [-0.3, -0.25) is 14.4 Å². The fourth-order valence-corrected chi connectivity index (χ4v) is 3.82. The maximum Gasteiger partial charge on any atom is 0.338 e. The smallest absolute Gasteiger partial charge is 0.338 e. The first-order chi connectivity index (χ1) is 17.3. The first-order valence-corrected chi connectivity index (χ1v) is 11.9. The van der Waals surface area contributed by atoms with Crippen LogP contribution in [0.15, 0.2) is 71.2 Å². The second-order valence-electron chi connectivity index (χ2n) is 7.90. The minimum absolute atomic E-state index is 0.0365. The van der Waals surface area contributed by atoms with Crippen molar-refractivity contribution >= 4 is 51.2 Å². The average molecular weight is 550 g/mol. The lowest BCUT2D eigenvalue weighted by molar-refractivity contribution is 0.0474. The number of rotatable bonds is 8. The molecule has 1 heterocycles. The van der Waals surface area contributed by atoms with Crippen molar-refractivity contribution < 1.29 is 33.4 Å². The van der Waals surface area contributed by atoms with Gasteiger partial charge in [-0.1, -0.05) is 35.0 Å². The van der Waals surface area contributed by atoms with Crippen molar-refractivity contribution in [3.05, 3.63) is 99.0 Å². The number of carbonyl (C=O) groups excluding carboxylic acids is 5. The first-order valence-electron chi connectivity index (χ1n) is 11.1. The molecule has 8 nitrogen and oxygen atoms in total. The van der Waals surface area contributed by atoms with Gasteiger partial charge in [-0.25, -0.2) is 14.5 Å². The summed E-state index contributed by atoms with van der Waals surface area (Å²) in [5.41, 5.74) is 1.17. The summed E-state index contributed by atoms with van der Waals surface area (Å²) in [6.07, 6.45) is 0.690. The van der Waals surface area contributed by atoms with Gasteiger partial charge in [0.05, 0.1) is 34.5 Å². The number of fused-ring (bicyclic) bond motifs is 1. The van der Waals surface area contributed by atoms with E-state index in [0.29, 0.717) is 24.2 Å². The number of anilines is 1. The molecule has 0 atom stereocenters. The third kappa shape index (κ3) is 5.11. The number of imide groups is 1. The lowest BCUT2D eigenvalue weighted by atomic mass is 10.1. The van der Waals surface area contributed by atoms with Gasteiger partial charge in [0, 0.05) is 10.0 Å². The van der Waals surface area contributed by atoms with Gasteiger partial charge in [0.15, 0.2) is 12.4 Å². The van der Waals surface area contributed by atoms with Crippen LogP contribution < -0.4 is 4.90 Å². The summed E-state index contributed by atoms with van der Waals surface area (Å²) < 4.78 is 11.0. The Labute approximate surface area is 214 Å². The summed E-state index contributed by atoms with van der Waals surface area (Å²) in [6.45, 7) is 1.71. The van der Waals surface area contributed by atoms with Gasteiger partial charge in [0.2, 0.25) is 0 Å². The second kappa shape index (κ2) is 10.7. The number of hydrogen-bond donors (Lipinski definition) is 0. The topological polar surface area (TPSA) is 107 Å². The summed E-state index contributed by atoms with van der Waals surface area (Å²) in [7, 11) is 0. The molecule has 4 rings (SSSR count). The molecular formula is C27H20BrNO7. The lowest BCUT2D eigenvalue weighted by Crippen LogP contribution is -2.29. The second-order valence-corrected chi connectivity index (χ2v) is 8.81. The monoisotopic (exact) mass is 549 g/mol. The van der Waals surface area contributed by atoms with Crippen LogP contribution in [0.25, 0.3) is 0 Å². The fraction of sp³-hybridized carbons (Fsp3) is 0.148. The molecule has 182 valence electrons.